The Hall–Kier alpha value is -3.54. The first kappa shape index (κ1) is 22.2. The standard InChI is InChI=1S/C25H30N4O2/c1-26-25(31)29-16-20(14-18-6-10-22(11-7-18)27(2)3)24(30)21(17-29)15-19-8-12-23(13-9-19)28(4)5/h6-15H,16-17H2,1-5H3,(H,26,31)/b20-14+,21-15+. The number of urea groups is 1. The molecule has 2 amide bonds. The molecule has 6 heteroatoms. The SMILES string of the molecule is CNC(=O)N1C/C(=C\c2ccc(N(C)C)cc2)C(=O)/C(=C/c2ccc(N(C)C)cc2)C1. The lowest BCUT2D eigenvalue weighted by molar-refractivity contribution is -0.113. The molecule has 0 spiro atoms. The Morgan fingerprint density at radius 1 is 0.806 bits per heavy atom. The number of nitrogens with zero attached hydrogens (tertiary/aromatic N) is 3. The molecule has 1 heterocycles. The molecule has 1 aliphatic heterocycles. The third kappa shape index (κ3) is 5.34. The predicted molar refractivity (Wildman–Crippen MR) is 129 cm³/mol. The number of piperidine rings is 1. The Labute approximate surface area is 184 Å². The summed E-state index contributed by atoms with van der Waals surface area (Å²) >= 11 is 0. The third-order valence-corrected chi connectivity index (χ3v) is 5.31. The minimum absolute atomic E-state index is 0.0199. The molecule has 0 aromatic heterocycles. The van der Waals surface area contributed by atoms with Crippen molar-refractivity contribution >= 4 is 35.3 Å². The Balaban J connectivity index is 1.94. The lowest BCUT2D eigenvalue weighted by Gasteiger charge is -2.29. The van der Waals surface area contributed by atoms with Gasteiger partial charge in [-0.2, -0.15) is 0 Å². The van der Waals surface area contributed by atoms with Gasteiger partial charge in [-0.3, -0.25) is 4.79 Å². The van der Waals surface area contributed by atoms with Crippen molar-refractivity contribution in [2.45, 2.75) is 0 Å². The van der Waals surface area contributed by atoms with Gasteiger partial charge in [0.25, 0.3) is 0 Å². The first-order chi connectivity index (χ1) is 14.8. The molecule has 3 rings (SSSR count). The first-order valence-corrected chi connectivity index (χ1v) is 10.3. The summed E-state index contributed by atoms with van der Waals surface area (Å²) in [6, 6.07) is 15.8. The van der Waals surface area contributed by atoms with E-state index in [1.165, 1.54) is 0 Å². The zero-order valence-corrected chi connectivity index (χ0v) is 18.8. The number of carbonyl (C=O) groups excluding carboxylic acids is 2. The molecule has 6 nitrogen and oxygen atoms in total. The Morgan fingerprint density at radius 3 is 1.52 bits per heavy atom. The van der Waals surface area contributed by atoms with E-state index < -0.39 is 0 Å². The Bertz CT molecular complexity index is 929. The van der Waals surface area contributed by atoms with Gasteiger partial charge < -0.3 is 20.0 Å². The van der Waals surface area contributed by atoms with Crippen molar-refractivity contribution in [1.82, 2.24) is 10.2 Å². The number of nitrogens with one attached hydrogen (secondary N) is 1. The second kappa shape index (κ2) is 9.51. The van der Waals surface area contributed by atoms with Gasteiger partial charge in [0.15, 0.2) is 5.78 Å². The molecule has 1 fully saturated rings. The van der Waals surface area contributed by atoms with Gasteiger partial charge in [-0.1, -0.05) is 24.3 Å². The van der Waals surface area contributed by atoms with Crippen LogP contribution in [0.3, 0.4) is 0 Å². The zero-order valence-electron chi connectivity index (χ0n) is 18.8. The van der Waals surface area contributed by atoms with Crippen LogP contribution in [-0.2, 0) is 4.79 Å². The Morgan fingerprint density at radius 2 is 1.19 bits per heavy atom. The quantitative estimate of drug-likeness (QED) is 0.772. The lowest BCUT2D eigenvalue weighted by Crippen LogP contribution is -2.45. The zero-order chi connectivity index (χ0) is 22.5. The number of benzene rings is 2. The number of rotatable bonds is 4. The molecule has 2 aromatic carbocycles. The van der Waals surface area contributed by atoms with Crippen LogP contribution in [0.2, 0.25) is 0 Å². The number of hydrogen-bond acceptors (Lipinski definition) is 4. The molecule has 1 N–H and O–H groups in total. The molecule has 0 unspecified atom stereocenters. The molecule has 2 aromatic rings. The largest absolute Gasteiger partial charge is 0.378 e. The summed E-state index contributed by atoms with van der Waals surface area (Å²) < 4.78 is 0. The fraction of sp³-hybridized carbons (Fsp3) is 0.280. The second-order valence-electron chi connectivity index (χ2n) is 8.05. The summed E-state index contributed by atoms with van der Waals surface area (Å²) in [5.41, 5.74) is 5.24. The minimum Gasteiger partial charge on any atom is -0.378 e. The molecule has 0 atom stereocenters. The number of carbonyl (C=O) groups is 2. The van der Waals surface area contributed by atoms with E-state index in [0.29, 0.717) is 11.1 Å². The topological polar surface area (TPSA) is 55.9 Å². The fourth-order valence-corrected chi connectivity index (χ4v) is 3.48. The molecule has 0 bridgehead atoms. The maximum Gasteiger partial charge on any atom is 0.317 e. The maximum absolute atomic E-state index is 13.2. The van der Waals surface area contributed by atoms with Crippen LogP contribution in [0, 0.1) is 0 Å². The summed E-state index contributed by atoms with van der Waals surface area (Å²) in [5, 5.41) is 2.67. The van der Waals surface area contributed by atoms with Crippen molar-refractivity contribution in [3.8, 4) is 0 Å². The number of hydrogen-bond donors (Lipinski definition) is 1. The maximum atomic E-state index is 13.2. The summed E-state index contributed by atoms with van der Waals surface area (Å²) in [6.07, 6.45) is 3.75. The third-order valence-electron chi connectivity index (χ3n) is 5.31. The van der Waals surface area contributed by atoms with Gasteiger partial charge in [-0.15, -0.1) is 0 Å². The van der Waals surface area contributed by atoms with Crippen LogP contribution in [-0.4, -0.2) is 65.0 Å². The predicted octanol–water partition coefficient (Wildman–Crippen LogP) is 3.51. The van der Waals surface area contributed by atoms with Crippen LogP contribution < -0.4 is 15.1 Å². The Kier molecular flexibility index (Phi) is 6.80. The van der Waals surface area contributed by atoms with Crippen LogP contribution >= 0.6 is 0 Å². The molecule has 1 saturated heterocycles. The molecule has 1 aliphatic rings. The molecule has 162 valence electrons. The van der Waals surface area contributed by atoms with Crippen LogP contribution in [0.1, 0.15) is 11.1 Å². The molecular weight excluding hydrogens is 388 g/mol. The van der Waals surface area contributed by atoms with E-state index in [0.717, 1.165) is 22.5 Å². The molecule has 31 heavy (non-hydrogen) atoms. The summed E-state index contributed by atoms with van der Waals surface area (Å²) in [7, 11) is 9.55. The lowest BCUT2D eigenvalue weighted by atomic mass is 9.94. The van der Waals surface area contributed by atoms with Crippen molar-refractivity contribution in [3.05, 3.63) is 70.8 Å². The van der Waals surface area contributed by atoms with E-state index in [1.54, 1.807) is 11.9 Å². The number of anilines is 2. The van der Waals surface area contributed by atoms with E-state index in [1.807, 2.05) is 98.7 Å². The van der Waals surface area contributed by atoms with Crippen molar-refractivity contribution < 1.29 is 9.59 Å². The van der Waals surface area contributed by atoms with Gasteiger partial charge in [-0.05, 0) is 47.5 Å². The highest BCUT2D eigenvalue weighted by Gasteiger charge is 2.28. The highest BCUT2D eigenvalue weighted by atomic mass is 16.2. The summed E-state index contributed by atoms with van der Waals surface area (Å²) in [5.74, 6) is -0.0199. The number of Topliss-reactive ketones (excluding diaryl/α,β-unsaturated/α-hetero) is 1. The van der Waals surface area contributed by atoms with Crippen molar-refractivity contribution in [2.75, 3.05) is 58.1 Å². The van der Waals surface area contributed by atoms with Gasteiger partial charge in [0.05, 0.1) is 13.1 Å². The number of amides is 2. The van der Waals surface area contributed by atoms with E-state index in [9.17, 15) is 9.59 Å². The summed E-state index contributed by atoms with van der Waals surface area (Å²) in [4.78, 5) is 31.3. The number of likely N-dealkylation sites (tertiary alicyclic amines) is 1. The van der Waals surface area contributed by atoms with Crippen LogP contribution in [0.15, 0.2) is 59.7 Å². The smallest absolute Gasteiger partial charge is 0.317 e. The van der Waals surface area contributed by atoms with Crippen LogP contribution in [0.4, 0.5) is 16.2 Å². The fourth-order valence-electron chi connectivity index (χ4n) is 3.48. The van der Waals surface area contributed by atoms with E-state index >= 15 is 0 Å². The molecular formula is C25H30N4O2. The highest BCUT2D eigenvalue weighted by Crippen LogP contribution is 2.24. The second-order valence-corrected chi connectivity index (χ2v) is 8.05. The molecule has 0 radical (unpaired) electrons. The van der Waals surface area contributed by atoms with Gasteiger partial charge in [-0.25, -0.2) is 4.79 Å². The summed E-state index contributed by atoms with van der Waals surface area (Å²) in [6.45, 7) is 0.565. The van der Waals surface area contributed by atoms with Gasteiger partial charge >= 0.3 is 6.03 Å². The monoisotopic (exact) mass is 418 g/mol. The van der Waals surface area contributed by atoms with Crippen molar-refractivity contribution in [3.63, 3.8) is 0 Å². The molecule has 0 aliphatic carbocycles. The first-order valence-electron chi connectivity index (χ1n) is 10.3. The average Bonchev–Trinajstić information content (AvgIpc) is 2.76. The van der Waals surface area contributed by atoms with E-state index in [4.69, 9.17) is 0 Å². The average molecular weight is 419 g/mol. The minimum atomic E-state index is -0.199. The number of ketones is 1. The molecule has 0 saturated carbocycles. The van der Waals surface area contributed by atoms with Crippen molar-refractivity contribution in [2.24, 2.45) is 0 Å². The van der Waals surface area contributed by atoms with E-state index in [-0.39, 0.29) is 24.9 Å². The van der Waals surface area contributed by atoms with Gasteiger partial charge in [0.1, 0.15) is 0 Å². The van der Waals surface area contributed by atoms with Gasteiger partial charge in [0, 0.05) is 57.8 Å². The van der Waals surface area contributed by atoms with Crippen molar-refractivity contribution in [1.29, 1.82) is 0 Å². The van der Waals surface area contributed by atoms with Gasteiger partial charge in [0.2, 0.25) is 0 Å². The van der Waals surface area contributed by atoms with Crippen LogP contribution in [0.5, 0.6) is 0 Å². The highest BCUT2D eigenvalue weighted by molar-refractivity contribution is 6.15. The normalized spacial score (nSPS) is 16.5. The van der Waals surface area contributed by atoms with Crippen LogP contribution in [0.25, 0.3) is 12.2 Å². The van der Waals surface area contributed by atoms with E-state index in [2.05, 4.69) is 5.32 Å².